The lowest BCUT2D eigenvalue weighted by atomic mass is 10.1. The molecule has 1 rings (SSSR count). The first-order valence-corrected chi connectivity index (χ1v) is 5.54. The summed E-state index contributed by atoms with van der Waals surface area (Å²) in [4.78, 5) is 0. The van der Waals surface area contributed by atoms with E-state index in [0.717, 1.165) is 21.4 Å². The summed E-state index contributed by atoms with van der Waals surface area (Å²) in [6.07, 6.45) is -0.441. The molecular weight excluding hydrogens is 256 g/mol. The van der Waals surface area contributed by atoms with E-state index in [0.29, 0.717) is 6.61 Å². The van der Waals surface area contributed by atoms with Gasteiger partial charge in [0.25, 0.3) is 0 Å². The molecule has 2 nitrogen and oxygen atoms in total. The predicted molar refractivity (Wildman–Crippen MR) is 65.4 cm³/mol. The Morgan fingerprint density at radius 2 is 2.27 bits per heavy atom. The van der Waals surface area contributed by atoms with Gasteiger partial charge in [-0.1, -0.05) is 28.6 Å². The first kappa shape index (κ1) is 12.3. The second-order valence-electron chi connectivity index (χ2n) is 3.51. The smallest absolute Gasteiger partial charge is 0.122 e. The molecule has 0 aliphatic heterocycles. The van der Waals surface area contributed by atoms with E-state index >= 15 is 0 Å². The van der Waals surface area contributed by atoms with E-state index in [4.69, 9.17) is 4.74 Å². The Morgan fingerprint density at radius 3 is 2.73 bits per heavy atom. The molecular formula is C12H15BrO2. The van der Waals surface area contributed by atoms with Crippen LogP contribution in [0.25, 0.3) is 0 Å². The molecule has 82 valence electrons. The highest BCUT2D eigenvalue weighted by Gasteiger charge is 2.04. The molecule has 1 aromatic rings. The van der Waals surface area contributed by atoms with E-state index in [1.807, 2.05) is 25.1 Å². The average Bonchev–Trinajstić information content (AvgIpc) is 2.15. The fraction of sp³-hybridized carbons (Fsp3) is 0.333. The molecule has 0 fully saturated rings. The number of hydrogen-bond acceptors (Lipinski definition) is 2. The Hall–Kier alpha value is -0.800. The van der Waals surface area contributed by atoms with Crippen molar-refractivity contribution in [2.45, 2.75) is 20.0 Å². The van der Waals surface area contributed by atoms with Crippen molar-refractivity contribution in [2.75, 3.05) is 6.61 Å². The fourth-order valence-corrected chi connectivity index (χ4v) is 1.36. The van der Waals surface area contributed by atoms with Gasteiger partial charge in [0.05, 0.1) is 6.10 Å². The molecule has 0 aromatic heterocycles. The maximum absolute atomic E-state index is 9.39. The lowest BCUT2D eigenvalue weighted by Gasteiger charge is -2.11. The summed E-state index contributed by atoms with van der Waals surface area (Å²) in [5.74, 6) is 0.819. The molecule has 0 amide bonds. The molecule has 0 saturated heterocycles. The molecule has 0 aliphatic carbocycles. The van der Waals surface area contributed by atoms with Crippen LogP contribution in [0.2, 0.25) is 0 Å². The minimum atomic E-state index is -0.441. The Bertz CT molecular complexity index is 359. The number of aryl methyl sites for hydroxylation is 1. The van der Waals surface area contributed by atoms with Crippen LogP contribution in [0.15, 0.2) is 29.3 Å². The van der Waals surface area contributed by atoms with E-state index in [1.165, 1.54) is 0 Å². The Kier molecular flexibility index (Phi) is 4.36. The molecule has 1 aromatic carbocycles. The minimum Gasteiger partial charge on any atom is -0.488 e. The van der Waals surface area contributed by atoms with Gasteiger partial charge in [0.2, 0.25) is 0 Å². The summed E-state index contributed by atoms with van der Waals surface area (Å²) in [6.45, 7) is 7.85. The van der Waals surface area contributed by atoms with Crippen LogP contribution in [0.3, 0.4) is 0 Å². The van der Waals surface area contributed by atoms with Crippen LogP contribution in [0, 0.1) is 6.92 Å². The standard InChI is InChI=1S/C12H15BrO2/c1-8-6-11(10(3)14)4-5-12(8)15-7-9(2)13/h4-6,10,14H,2,7H2,1,3H3/t10-/m1/s1. The van der Waals surface area contributed by atoms with E-state index in [2.05, 4.69) is 22.5 Å². The number of aliphatic hydroxyl groups is 1. The monoisotopic (exact) mass is 270 g/mol. The molecule has 0 radical (unpaired) electrons. The van der Waals surface area contributed by atoms with Crippen molar-refractivity contribution in [1.29, 1.82) is 0 Å². The number of halogens is 1. The van der Waals surface area contributed by atoms with Gasteiger partial charge in [-0.2, -0.15) is 0 Å². The Labute approximate surface area is 98.7 Å². The number of aliphatic hydroxyl groups excluding tert-OH is 1. The van der Waals surface area contributed by atoms with E-state index in [1.54, 1.807) is 6.92 Å². The van der Waals surface area contributed by atoms with Crippen LogP contribution in [-0.4, -0.2) is 11.7 Å². The first-order chi connectivity index (χ1) is 7.00. The zero-order valence-corrected chi connectivity index (χ0v) is 10.5. The van der Waals surface area contributed by atoms with E-state index in [-0.39, 0.29) is 0 Å². The van der Waals surface area contributed by atoms with Gasteiger partial charge in [0.15, 0.2) is 0 Å². The van der Waals surface area contributed by atoms with E-state index in [9.17, 15) is 5.11 Å². The van der Waals surface area contributed by atoms with Gasteiger partial charge in [-0.3, -0.25) is 0 Å². The average molecular weight is 271 g/mol. The van der Waals surface area contributed by atoms with Crippen molar-refractivity contribution in [3.8, 4) is 5.75 Å². The summed E-state index contributed by atoms with van der Waals surface area (Å²) in [6, 6.07) is 5.66. The maximum Gasteiger partial charge on any atom is 0.122 e. The zero-order valence-electron chi connectivity index (χ0n) is 8.96. The molecule has 0 saturated carbocycles. The zero-order chi connectivity index (χ0) is 11.4. The van der Waals surface area contributed by atoms with E-state index < -0.39 is 6.10 Å². The van der Waals surface area contributed by atoms with Crippen LogP contribution in [0.1, 0.15) is 24.2 Å². The van der Waals surface area contributed by atoms with Gasteiger partial charge in [0, 0.05) is 4.48 Å². The van der Waals surface area contributed by atoms with Crippen molar-refractivity contribution < 1.29 is 9.84 Å². The normalized spacial score (nSPS) is 12.3. The molecule has 1 N–H and O–H groups in total. The molecule has 3 heteroatoms. The summed E-state index contributed by atoms with van der Waals surface area (Å²) < 4.78 is 6.31. The molecule has 1 atom stereocenters. The largest absolute Gasteiger partial charge is 0.488 e. The highest BCUT2D eigenvalue weighted by molar-refractivity contribution is 9.11. The third kappa shape index (κ3) is 3.68. The van der Waals surface area contributed by atoms with Crippen LogP contribution < -0.4 is 4.74 Å². The summed E-state index contributed by atoms with van der Waals surface area (Å²) in [5.41, 5.74) is 1.92. The van der Waals surface area contributed by atoms with Gasteiger partial charge in [-0.05, 0) is 37.1 Å². The van der Waals surface area contributed by atoms with Crippen molar-refractivity contribution >= 4 is 15.9 Å². The van der Waals surface area contributed by atoms with Gasteiger partial charge in [-0.15, -0.1) is 0 Å². The quantitative estimate of drug-likeness (QED) is 0.910. The molecule has 15 heavy (non-hydrogen) atoms. The lowest BCUT2D eigenvalue weighted by Crippen LogP contribution is -1.99. The van der Waals surface area contributed by atoms with Crippen molar-refractivity contribution in [3.05, 3.63) is 40.4 Å². The molecule has 0 aliphatic rings. The molecule has 0 bridgehead atoms. The molecule has 0 heterocycles. The summed E-state index contributed by atoms with van der Waals surface area (Å²) in [7, 11) is 0. The fourth-order valence-electron chi connectivity index (χ4n) is 1.25. The van der Waals surface area contributed by atoms with Crippen LogP contribution >= 0.6 is 15.9 Å². The second kappa shape index (κ2) is 5.33. The van der Waals surface area contributed by atoms with Gasteiger partial charge in [0.1, 0.15) is 12.4 Å². The third-order valence-electron chi connectivity index (χ3n) is 2.07. The summed E-state index contributed by atoms with van der Waals surface area (Å²) in [5, 5.41) is 9.39. The predicted octanol–water partition coefficient (Wildman–Crippen LogP) is 3.34. The number of ether oxygens (including phenoxy) is 1. The third-order valence-corrected chi connectivity index (χ3v) is 2.29. The maximum atomic E-state index is 9.39. The number of hydrogen-bond donors (Lipinski definition) is 1. The molecule has 0 spiro atoms. The van der Waals surface area contributed by atoms with Crippen molar-refractivity contribution in [1.82, 2.24) is 0 Å². The van der Waals surface area contributed by atoms with Crippen molar-refractivity contribution in [3.63, 3.8) is 0 Å². The number of rotatable bonds is 4. The lowest BCUT2D eigenvalue weighted by molar-refractivity contribution is 0.199. The SMILES string of the molecule is C=C(Br)COc1ccc([C@@H](C)O)cc1C. The number of benzene rings is 1. The van der Waals surface area contributed by atoms with Crippen molar-refractivity contribution in [2.24, 2.45) is 0 Å². The first-order valence-electron chi connectivity index (χ1n) is 4.75. The van der Waals surface area contributed by atoms with Crippen LogP contribution in [0.4, 0.5) is 0 Å². The topological polar surface area (TPSA) is 29.5 Å². The van der Waals surface area contributed by atoms with Gasteiger partial charge in [-0.25, -0.2) is 0 Å². The Morgan fingerprint density at radius 1 is 1.60 bits per heavy atom. The summed E-state index contributed by atoms with van der Waals surface area (Å²) >= 11 is 3.23. The van der Waals surface area contributed by atoms with Crippen LogP contribution in [-0.2, 0) is 0 Å². The van der Waals surface area contributed by atoms with Gasteiger partial charge >= 0.3 is 0 Å². The second-order valence-corrected chi connectivity index (χ2v) is 4.63. The molecule has 0 unspecified atom stereocenters. The highest BCUT2D eigenvalue weighted by atomic mass is 79.9. The Balaban J connectivity index is 2.79. The van der Waals surface area contributed by atoms with Crippen LogP contribution in [0.5, 0.6) is 5.75 Å². The van der Waals surface area contributed by atoms with Gasteiger partial charge < -0.3 is 9.84 Å². The highest BCUT2D eigenvalue weighted by Crippen LogP contribution is 2.23. The minimum absolute atomic E-state index is 0.441.